The molecule has 0 bridgehead atoms. The fourth-order valence-corrected chi connectivity index (χ4v) is 11.3. The zero-order chi connectivity index (χ0) is 43.7. The summed E-state index contributed by atoms with van der Waals surface area (Å²) in [5, 5.41) is 7.02. The van der Waals surface area contributed by atoms with E-state index in [0.29, 0.717) is 5.95 Å². The molecular formula is C61H41N5. The van der Waals surface area contributed by atoms with Crippen LogP contribution in [0.1, 0.15) is 25.0 Å². The van der Waals surface area contributed by atoms with Gasteiger partial charge in [0.15, 0.2) is 0 Å². The van der Waals surface area contributed by atoms with Gasteiger partial charge >= 0.3 is 0 Å². The van der Waals surface area contributed by atoms with Gasteiger partial charge in [0.1, 0.15) is 0 Å². The molecule has 4 heterocycles. The summed E-state index contributed by atoms with van der Waals surface area (Å²) in [5.41, 5.74) is 18.2. The molecule has 5 heteroatoms. The topological polar surface area (TPSA) is 40.6 Å². The third-order valence-electron chi connectivity index (χ3n) is 14.2. The lowest BCUT2D eigenvalue weighted by molar-refractivity contribution is 0.666. The highest BCUT2D eigenvalue weighted by Crippen LogP contribution is 2.54. The van der Waals surface area contributed by atoms with E-state index >= 15 is 0 Å². The van der Waals surface area contributed by atoms with Crippen LogP contribution in [0.25, 0.3) is 116 Å². The van der Waals surface area contributed by atoms with Gasteiger partial charge in [-0.25, -0.2) is 9.97 Å². The minimum atomic E-state index is -0.232. The van der Waals surface area contributed by atoms with Gasteiger partial charge < -0.3 is 9.13 Å². The van der Waals surface area contributed by atoms with Crippen molar-refractivity contribution < 1.29 is 0 Å². The molecule has 66 heavy (non-hydrogen) atoms. The first-order valence-electron chi connectivity index (χ1n) is 22.8. The number of para-hydroxylation sites is 4. The Morgan fingerprint density at radius 1 is 0.364 bits per heavy atom. The maximum absolute atomic E-state index is 5.50. The van der Waals surface area contributed by atoms with Gasteiger partial charge in [-0.1, -0.05) is 153 Å². The summed E-state index contributed by atoms with van der Waals surface area (Å²) in [7, 11) is 0. The van der Waals surface area contributed by atoms with Crippen LogP contribution in [0.4, 0.5) is 0 Å². The lowest BCUT2D eigenvalue weighted by Crippen LogP contribution is -2.14. The molecule has 0 fully saturated rings. The maximum atomic E-state index is 5.50. The first kappa shape index (κ1) is 36.9. The van der Waals surface area contributed by atoms with Crippen LogP contribution in [-0.2, 0) is 5.41 Å². The van der Waals surface area contributed by atoms with Crippen molar-refractivity contribution in [3.63, 3.8) is 0 Å². The summed E-state index contributed by atoms with van der Waals surface area (Å²) in [4.78, 5) is 10.9. The Kier molecular flexibility index (Phi) is 7.68. The monoisotopic (exact) mass is 843 g/mol. The van der Waals surface area contributed by atoms with Crippen molar-refractivity contribution in [3.05, 3.63) is 223 Å². The predicted octanol–water partition coefficient (Wildman–Crippen LogP) is 15.4. The molecule has 13 aromatic rings. The molecule has 1 aliphatic rings. The molecule has 0 atom stereocenters. The van der Waals surface area contributed by atoms with E-state index in [-0.39, 0.29) is 5.41 Å². The average Bonchev–Trinajstić information content (AvgIpc) is 4.07. The van der Waals surface area contributed by atoms with Crippen molar-refractivity contribution in [3.8, 4) is 51.0 Å². The second-order valence-corrected chi connectivity index (χ2v) is 18.2. The van der Waals surface area contributed by atoms with Gasteiger partial charge in [0.2, 0.25) is 5.95 Å². The van der Waals surface area contributed by atoms with Gasteiger partial charge in [0.05, 0.1) is 44.5 Å². The van der Waals surface area contributed by atoms with Gasteiger partial charge in [0, 0.05) is 60.2 Å². The second-order valence-electron chi connectivity index (χ2n) is 18.2. The van der Waals surface area contributed by atoms with Crippen molar-refractivity contribution in [2.24, 2.45) is 0 Å². The summed E-state index contributed by atoms with van der Waals surface area (Å²) in [6, 6.07) is 76.9. The van der Waals surface area contributed by atoms with E-state index in [1.807, 2.05) is 0 Å². The largest absolute Gasteiger partial charge is 0.309 e. The molecule has 0 aliphatic heterocycles. The first-order valence-corrected chi connectivity index (χ1v) is 22.8. The third kappa shape index (κ3) is 5.16. The Labute approximate surface area is 381 Å². The van der Waals surface area contributed by atoms with E-state index in [9.17, 15) is 0 Å². The van der Waals surface area contributed by atoms with Crippen molar-refractivity contribution >= 4 is 65.4 Å². The molecule has 4 aromatic heterocycles. The number of fused-ring (bicyclic) bond motifs is 12. The van der Waals surface area contributed by atoms with Crippen LogP contribution in [0.15, 0.2) is 212 Å². The Bertz CT molecular complexity index is 4120. The first-order chi connectivity index (χ1) is 32.5. The molecule has 0 saturated heterocycles. The quantitative estimate of drug-likeness (QED) is 0.173. The number of nitrogens with zero attached hydrogens (tertiary/aromatic N) is 5. The average molecular weight is 844 g/mol. The highest BCUT2D eigenvalue weighted by Gasteiger charge is 2.41. The molecule has 0 spiro atoms. The van der Waals surface area contributed by atoms with Crippen molar-refractivity contribution in [2.45, 2.75) is 19.3 Å². The van der Waals surface area contributed by atoms with Crippen LogP contribution in [0.2, 0.25) is 0 Å². The lowest BCUT2D eigenvalue weighted by atomic mass is 9.81. The number of hydrogen-bond acceptors (Lipinski definition) is 2. The van der Waals surface area contributed by atoms with E-state index in [4.69, 9.17) is 9.97 Å². The van der Waals surface area contributed by atoms with Gasteiger partial charge in [-0.15, -0.1) is 0 Å². The van der Waals surface area contributed by atoms with E-state index in [1.165, 1.54) is 60.7 Å². The molecule has 5 nitrogen and oxygen atoms in total. The Balaban J connectivity index is 1.08. The minimum absolute atomic E-state index is 0.232. The molecular weight excluding hydrogens is 803 g/mol. The van der Waals surface area contributed by atoms with Crippen molar-refractivity contribution in [1.29, 1.82) is 0 Å². The number of rotatable bonds is 5. The van der Waals surface area contributed by atoms with E-state index < -0.39 is 0 Å². The highest BCUT2D eigenvalue weighted by molar-refractivity contribution is 6.17. The standard InChI is InChI=1S/C61H41N5/c1-61(2)50-27-15-12-25-44(50)59-57(61)49-37-55-48(36-56(49)65(59)42-22-10-5-11-23-42)47-35-40(39-30-32-53-46(34-39)43-24-14-17-29-52(43)64(53)41-20-8-4-9-21-41)31-33-54(47)66(55)60-62-51-28-16-13-26-45(51)58(63-60)38-18-6-3-7-19-38/h3-37H,1-2H3. The zero-order valence-electron chi connectivity index (χ0n) is 36.4. The molecule has 0 amide bonds. The summed E-state index contributed by atoms with van der Waals surface area (Å²) < 4.78 is 7.19. The number of hydrogen-bond donors (Lipinski definition) is 0. The van der Waals surface area contributed by atoms with E-state index in [1.54, 1.807) is 0 Å². The molecule has 0 N–H and O–H groups in total. The third-order valence-corrected chi connectivity index (χ3v) is 14.2. The molecule has 0 radical (unpaired) electrons. The molecule has 14 rings (SSSR count). The Hall–Kier alpha value is -8.54. The van der Waals surface area contributed by atoms with Crippen LogP contribution in [0.5, 0.6) is 0 Å². The molecule has 0 saturated carbocycles. The van der Waals surface area contributed by atoms with Gasteiger partial charge in [-0.3, -0.25) is 4.57 Å². The molecule has 1 aliphatic carbocycles. The second kappa shape index (κ2) is 13.7. The maximum Gasteiger partial charge on any atom is 0.235 e. The summed E-state index contributed by atoms with van der Waals surface area (Å²) in [6.45, 7) is 4.76. The van der Waals surface area contributed by atoms with Crippen molar-refractivity contribution in [2.75, 3.05) is 0 Å². The summed E-state index contributed by atoms with van der Waals surface area (Å²) >= 11 is 0. The fraction of sp³-hybridized carbons (Fsp3) is 0.0492. The Morgan fingerprint density at radius 2 is 0.894 bits per heavy atom. The number of benzene rings is 9. The van der Waals surface area contributed by atoms with Gasteiger partial charge in [0.25, 0.3) is 0 Å². The fourth-order valence-electron chi connectivity index (χ4n) is 11.3. The van der Waals surface area contributed by atoms with Gasteiger partial charge in [-0.05, 0) is 95.1 Å². The minimum Gasteiger partial charge on any atom is -0.309 e. The zero-order valence-corrected chi connectivity index (χ0v) is 36.4. The SMILES string of the molecule is CC1(C)c2ccccc2-c2c1c1cc3c(cc1n2-c1ccccc1)c1cc(-c2ccc4c(c2)c2ccccc2n4-c2ccccc2)ccc1n3-c1nc(-c2ccccc2)c2ccccc2n1. The van der Waals surface area contributed by atoms with Crippen molar-refractivity contribution in [1.82, 2.24) is 23.7 Å². The normalized spacial score (nSPS) is 13.1. The van der Waals surface area contributed by atoms with Crippen LogP contribution in [-0.4, -0.2) is 23.7 Å². The highest BCUT2D eigenvalue weighted by atomic mass is 15.2. The molecule has 9 aromatic carbocycles. The van der Waals surface area contributed by atoms with Crippen LogP contribution in [0, 0.1) is 0 Å². The van der Waals surface area contributed by atoms with Crippen LogP contribution >= 0.6 is 0 Å². The van der Waals surface area contributed by atoms with Crippen LogP contribution < -0.4 is 0 Å². The van der Waals surface area contributed by atoms with E-state index in [0.717, 1.165) is 60.9 Å². The molecule has 310 valence electrons. The van der Waals surface area contributed by atoms with Crippen LogP contribution in [0.3, 0.4) is 0 Å². The smallest absolute Gasteiger partial charge is 0.235 e. The van der Waals surface area contributed by atoms with Gasteiger partial charge in [-0.2, -0.15) is 0 Å². The summed E-state index contributed by atoms with van der Waals surface area (Å²) in [6.07, 6.45) is 0. The summed E-state index contributed by atoms with van der Waals surface area (Å²) in [5.74, 6) is 0.650. The lowest BCUT2D eigenvalue weighted by Gasteiger charge is -2.21. The molecule has 0 unspecified atom stereocenters. The number of aromatic nitrogens is 5. The Morgan fingerprint density at radius 3 is 1.64 bits per heavy atom. The van der Waals surface area contributed by atoms with E-state index in [2.05, 4.69) is 240 Å². The predicted molar refractivity (Wildman–Crippen MR) is 273 cm³/mol.